The second-order valence-corrected chi connectivity index (χ2v) is 12.4. The number of nitrogens with zero attached hydrogens (tertiary/aromatic N) is 2. The van der Waals surface area contributed by atoms with E-state index in [0.717, 1.165) is 29.3 Å². The van der Waals surface area contributed by atoms with E-state index in [4.69, 9.17) is 14.2 Å². The minimum atomic E-state index is -3.87. The lowest BCUT2D eigenvalue weighted by Crippen LogP contribution is -2.40. The van der Waals surface area contributed by atoms with Crippen LogP contribution < -0.4 is 4.74 Å². The summed E-state index contributed by atoms with van der Waals surface area (Å²) in [6.45, 7) is 1.03. The molecule has 4 rings (SSSR count). The first kappa shape index (κ1) is 29.5. The van der Waals surface area contributed by atoms with E-state index in [1.165, 1.54) is 23.5 Å². The molecule has 0 unspecified atom stereocenters. The highest BCUT2D eigenvalue weighted by molar-refractivity contribution is 9.10. The molecule has 2 heterocycles. The van der Waals surface area contributed by atoms with Gasteiger partial charge in [-0.1, -0.05) is 28.1 Å². The average Bonchev–Trinajstić information content (AvgIpc) is 2.97. The third-order valence-electron chi connectivity index (χ3n) is 6.90. The molecule has 11 heteroatoms. The van der Waals surface area contributed by atoms with Crippen molar-refractivity contribution in [3.8, 4) is 5.75 Å². The minimum absolute atomic E-state index is 0.0108. The zero-order chi connectivity index (χ0) is 27.8. The topological polar surface area (TPSA) is 106 Å². The number of halogens is 1. The molecule has 39 heavy (non-hydrogen) atoms. The Morgan fingerprint density at radius 3 is 2.41 bits per heavy atom. The van der Waals surface area contributed by atoms with E-state index in [-0.39, 0.29) is 48.8 Å². The summed E-state index contributed by atoms with van der Waals surface area (Å²) in [5.41, 5.74) is 1.03. The zero-order valence-electron chi connectivity index (χ0n) is 22.0. The van der Waals surface area contributed by atoms with Crippen LogP contribution in [0.4, 0.5) is 0 Å². The first-order valence-electron chi connectivity index (χ1n) is 13.1. The van der Waals surface area contributed by atoms with Gasteiger partial charge in [0.25, 0.3) is 5.91 Å². The molecule has 2 atom stereocenters. The van der Waals surface area contributed by atoms with Crippen LogP contribution in [-0.2, 0) is 24.3 Å². The van der Waals surface area contributed by atoms with E-state index in [0.29, 0.717) is 25.3 Å². The van der Waals surface area contributed by atoms with Crippen molar-refractivity contribution in [1.82, 2.24) is 9.21 Å². The van der Waals surface area contributed by atoms with E-state index in [2.05, 4.69) is 15.9 Å². The Labute approximate surface area is 238 Å². The lowest BCUT2D eigenvalue weighted by Gasteiger charge is -2.33. The predicted octanol–water partition coefficient (Wildman–Crippen LogP) is 3.88. The maximum Gasteiger partial charge on any atom is 0.288 e. The van der Waals surface area contributed by atoms with Gasteiger partial charge < -0.3 is 24.2 Å². The number of aliphatic hydroxyl groups is 1. The first-order chi connectivity index (χ1) is 18.8. The largest absolute Gasteiger partial charge is 0.497 e. The Morgan fingerprint density at radius 1 is 1.08 bits per heavy atom. The predicted molar refractivity (Wildman–Crippen MR) is 150 cm³/mol. The zero-order valence-corrected chi connectivity index (χ0v) is 24.4. The van der Waals surface area contributed by atoms with Crippen LogP contribution in [-0.4, -0.2) is 81.4 Å². The van der Waals surface area contributed by atoms with E-state index < -0.39 is 16.3 Å². The molecule has 0 aliphatic carbocycles. The monoisotopic (exact) mass is 622 g/mol. The third-order valence-corrected chi connectivity index (χ3v) is 9.34. The van der Waals surface area contributed by atoms with Crippen molar-refractivity contribution in [3.05, 3.63) is 70.4 Å². The molecule has 0 saturated carbocycles. The Balaban J connectivity index is 1.46. The van der Waals surface area contributed by atoms with Gasteiger partial charge in [-0.3, -0.25) is 4.79 Å². The standard InChI is InChI=1S/C28H35BrN2O7S/c1-36-24-9-11-25(12-10-24)39(34,35)31(15-17-32)16-18-37-27-20-22(21-5-7-23(29)8-6-21)19-26(38-27)28(33)30-13-3-2-4-14-30/h5-12,19,22,27,32H,2-4,13-18,20H2,1H3/t22-,27+/m0/s1. The molecular weight excluding hydrogens is 588 g/mol. The van der Waals surface area contributed by atoms with Crippen molar-refractivity contribution in [2.45, 2.75) is 42.8 Å². The van der Waals surface area contributed by atoms with Crippen molar-refractivity contribution in [3.63, 3.8) is 0 Å². The van der Waals surface area contributed by atoms with Crippen LogP contribution >= 0.6 is 15.9 Å². The van der Waals surface area contributed by atoms with E-state index in [1.54, 1.807) is 12.1 Å². The molecule has 2 aromatic carbocycles. The molecule has 212 valence electrons. The van der Waals surface area contributed by atoms with Gasteiger partial charge in [0, 0.05) is 43.0 Å². The number of likely N-dealkylation sites (tertiary alicyclic amines) is 1. The molecule has 0 bridgehead atoms. The summed E-state index contributed by atoms with van der Waals surface area (Å²) in [6, 6.07) is 14.0. The Hall–Kier alpha value is -2.44. The maximum atomic E-state index is 13.3. The molecule has 0 aromatic heterocycles. The van der Waals surface area contributed by atoms with Crippen LogP contribution in [0.25, 0.3) is 0 Å². The Bertz CT molecular complexity index is 1230. The first-order valence-corrected chi connectivity index (χ1v) is 15.3. The van der Waals surface area contributed by atoms with Gasteiger partial charge >= 0.3 is 0 Å². The van der Waals surface area contributed by atoms with E-state index >= 15 is 0 Å². The Kier molecular flexibility index (Phi) is 10.4. The van der Waals surface area contributed by atoms with E-state index in [1.807, 2.05) is 35.2 Å². The van der Waals surface area contributed by atoms with Crippen LogP contribution in [0.1, 0.15) is 37.2 Å². The number of hydrogen-bond acceptors (Lipinski definition) is 7. The molecule has 0 radical (unpaired) electrons. The maximum absolute atomic E-state index is 13.3. The molecule has 9 nitrogen and oxygen atoms in total. The van der Waals surface area contributed by atoms with Crippen molar-refractivity contribution in [2.75, 3.05) is 46.5 Å². The van der Waals surface area contributed by atoms with Gasteiger partial charge in [0.1, 0.15) is 5.75 Å². The van der Waals surface area contributed by atoms with Crippen molar-refractivity contribution >= 4 is 31.9 Å². The number of ether oxygens (including phenoxy) is 3. The lowest BCUT2D eigenvalue weighted by molar-refractivity contribution is -0.153. The molecule has 1 amide bonds. The highest BCUT2D eigenvalue weighted by Gasteiger charge is 2.32. The van der Waals surface area contributed by atoms with Crippen LogP contribution in [0.5, 0.6) is 5.75 Å². The van der Waals surface area contributed by atoms with E-state index in [9.17, 15) is 18.3 Å². The van der Waals surface area contributed by atoms with Crippen molar-refractivity contribution in [1.29, 1.82) is 0 Å². The normalized spacial score (nSPS) is 19.9. The smallest absolute Gasteiger partial charge is 0.288 e. The van der Waals surface area contributed by atoms with Gasteiger partial charge in [-0.25, -0.2) is 8.42 Å². The highest BCUT2D eigenvalue weighted by Crippen LogP contribution is 2.33. The number of sulfonamides is 1. The third kappa shape index (κ3) is 7.61. The molecule has 1 N–H and O–H groups in total. The molecule has 2 aromatic rings. The van der Waals surface area contributed by atoms with Gasteiger partial charge in [-0.15, -0.1) is 0 Å². The summed E-state index contributed by atoms with van der Waals surface area (Å²) < 4.78 is 45.7. The summed E-state index contributed by atoms with van der Waals surface area (Å²) in [4.78, 5) is 15.2. The number of carbonyl (C=O) groups is 1. The fourth-order valence-electron chi connectivity index (χ4n) is 4.75. The van der Waals surface area contributed by atoms with Crippen LogP contribution in [0.3, 0.4) is 0 Å². The minimum Gasteiger partial charge on any atom is -0.497 e. The summed E-state index contributed by atoms with van der Waals surface area (Å²) in [5, 5.41) is 9.53. The molecule has 1 saturated heterocycles. The fourth-order valence-corrected chi connectivity index (χ4v) is 6.43. The molecule has 2 aliphatic rings. The number of benzene rings is 2. The number of rotatable bonds is 11. The van der Waals surface area contributed by atoms with Gasteiger partial charge in [0.2, 0.25) is 16.3 Å². The summed E-state index contributed by atoms with van der Waals surface area (Å²) in [6.07, 6.45) is 4.67. The lowest BCUT2D eigenvalue weighted by atomic mass is 9.93. The molecule has 0 spiro atoms. The van der Waals surface area contributed by atoms with Crippen LogP contribution in [0.2, 0.25) is 0 Å². The number of methoxy groups -OCH3 is 1. The quantitative estimate of drug-likeness (QED) is 0.405. The van der Waals surface area contributed by atoms with Crippen molar-refractivity contribution in [2.24, 2.45) is 0 Å². The number of aliphatic hydroxyl groups excluding tert-OH is 1. The van der Waals surface area contributed by atoms with Crippen LogP contribution in [0, 0.1) is 0 Å². The molecule has 1 fully saturated rings. The SMILES string of the molecule is COc1ccc(S(=O)(=O)N(CCO)CCO[C@H]2C[C@@H](c3ccc(Br)cc3)C=C(C(=O)N3CCCCC3)O2)cc1. The number of piperidine rings is 1. The fraction of sp³-hybridized carbons (Fsp3) is 0.464. The number of allylic oxidation sites excluding steroid dienone is 1. The van der Waals surface area contributed by atoms with Gasteiger partial charge in [0.05, 0.1) is 25.2 Å². The number of carbonyl (C=O) groups excluding carboxylic acids is 1. The molecule has 2 aliphatic heterocycles. The number of amides is 1. The molecular formula is C28H35BrN2O7S. The average molecular weight is 624 g/mol. The Morgan fingerprint density at radius 2 is 1.77 bits per heavy atom. The van der Waals surface area contributed by atoms with Crippen LogP contribution in [0.15, 0.2) is 69.7 Å². The second kappa shape index (κ2) is 13.8. The van der Waals surface area contributed by atoms with Crippen molar-refractivity contribution < 1.29 is 32.5 Å². The number of hydrogen-bond donors (Lipinski definition) is 1. The second-order valence-electron chi connectivity index (χ2n) is 9.50. The van der Waals surface area contributed by atoms with Gasteiger partial charge in [-0.05, 0) is 67.3 Å². The summed E-state index contributed by atoms with van der Waals surface area (Å²) >= 11 is 3.47. The van der Waals surface area contributed by atoms with Gasteiger partial charge in [-0.2, -0.15) is 4.31 Å². The highest BCUT2D eigenvalue weighted by atomic mass is 79.9. The summed E-state index contributed by atoms with van der Waals surface area (Å²) in [5.74, 6) is 0.564. The summed E-state index contributed by atoms with van der Waals surface area (Å²) in [7, 11) is -2.36. The van der Waals surface area contributed by atoms with Gasteiger partial charge in [0.15, 0.2) is 5.76 Å².